The molecule has 7 nitrogen and oxygen atoms in total. The molecule has 1 atom stereocenters. The molecule has 4 rings (SSSR count). The Morgan fingerprint density at radius 2 is 2.00 bits per heavy atom. The van der Waals surface area contributed by atoms with Gasteiger partial charge in [0.1, 0.15) is 5.69 Å². The second kappa shape index (κ2) is 8.08. The smallest absolute Gasteiger partial charge is 0.345 e. The molecule has 1 fully saturated rings. The largest absolute Gasteiger partial charge is 0.388 e. The summed E-state index contributed by atoms with van der Waals surface area (Å²) < 4.78 is 0. The predicted octanol–water partition coefficient (Wildman–Crippen LogP) is 1.49. The summed E-state index contributed by atoms with van der Waals surface area (Å²) in [4.78, 5) is 34.8. The van der Waals surface area contributed by atoms with Crippen LogP contribution in [0.25, 0.3) is 0 Å². The van der Waals surface area contributed by atoms with Crippen LogP contribution in [0.3, 0.4) is 0 Å². The highest BCUT2D eigenvalue weighted by atomic mass is 16.3. The summed E-state index contributed by atoms with van der Waals surface area (Å²) in [5, 5.41) is 11.3. The van der Waals surface area contributed by atoms with E-state index in [-0.39, 0.29) is 11.6 Å². The van der Waals surface area contributed by atoms with Crippen molar-refractivity contribution >= 4 is 5.91 Å². The van der Waals surface area contributed by atoms with Crippen LogP contribution >= 0.6 is 0 Å². The lowest BCUT2D eigenvalue weighted by Crippen LogP contribution is -2.45. The maximum atomic E-state index is 12.8. The summed E-state index contributed by atoms with van der Waals surface area (Å²) in [6, 6.07) is 10.1. The Morgan fingerprint density at radius 3 is 2.79 bits per heavy atom. The van der Waals surface area contributed by atoms with Gasteiger partial charge < -0.3 is 15.0 Å². The zero-order valence-corrected chi connectivity index (χ0v) is 16.9. The van der Waals surface area contributed by atoms with Crippen LogP contribution in [-0.2, 0) is 13.0 Å². The number of carbonyl (C=O) groups is 1. The van der Waals surface area contributed by atoms with E-state index < -0.39 is 11.3 Å². The Balaban J connectivity index is 1.40. The van der Waals surface area contributed by atoms with Crippen LogP contribution in [0.4, 0.5) is 0 Å². The zero-order chi connectivity index (χ0) is 20.4. The van der Waals surface area contributed by atoms with Gasteiger partial charge in [-0.05, 0) is 49.8 Å². The number of likely N-dealkylation sites (tertiary alicyclic amines) is 1. The molecule has 0 spiro atoms. The number of benzene rings is 1. The molecule has 1 unspecified atom stereocenters. The minimum Gasteiger partial charge on any atom is -0.388 e. The van der Waals surface area contributed by atoms with Crippen molar-refractivity contribution in [3.8, 4) is 0 Å². The lowest BCUT2D eigenvalue weighted by atomic mass is 9.92. The maximum Gasteiger partial charge on any atom is 0.345 e. The van der Waals surface area contributed by atoms with Gasteiger partial charge in [0.25, 0.3) is 5.91 Å². The van der Waals surface area contributed by atoms with Gasteiger partial charge in [-0.1, -0.05) is 24.3 Å². The van der Waals surface area contributed by atoms with Crippen molar-refractivity contribution in [2.45, 2.75) is 44.8 Å². The fourth-order valence-corrected chi connectivity index (χ4v) is 4.50. The van der Waals surface area contributed by atoms with Crippen LogP contribution in [0.2, 0.25) is 0 Å². The summed E-state index contributed by atoms with van der Waals surface area (Å²) in [5.74, 6) is -0.240. The van der Waals surface area contributed by atoms with Crippen LogP contribution in [0.5, 0.6) is 0 Å². The highest BCUT2D eigenvalue weighted by molar-refractivity contribution is 5.92. The van der Waals surface area contributed by atoms with E-state index in [2.05, 4.69) is 39.1 Å². The van der Waals surface area contributed by atoms with Crippen LogP contribution < -0.4 is 5.69 Å². The number of amides is 1. The molecular formula is C22H28N4O3. The minimum absolute atomic E-state index is 0.171. The van der Waals surface area contributed by atoms with Crippen molar-refractivity contribution in [1.82, 2.24) is 19.8 Å². The Kier molecular flexibility index (Phi) is 5.52. The zero-order valence-electron chi connectivity index (χ0n) is 16.9. The van der Waals surface area contributed by atoms with Gasteiger partial charge in [0.15, 0.2) is 0 Å². The van der Waals surface area contributed by atoms with E-state index in [4.69, 9.17) is 0 Å². The highest BCUT2D eigenvalue weighted by Crippen LogP contribution is 2.27. The molecule has 2 aliphatic rings. The molecule has 0 radical (unpaired) electrons. The van der Waals surface area contributed by atoms with Gasteiger partial charge in [-0.2, -0.15) is 4.98 Å². The highest BCUT2D eigenvalue weighted by Gasteiger charge is 2.34. The number of nitrogens with one attached hydrogen (secondary N) is 1. The van der Waals surface area contributed by atoms with E-state index in [1.54, 1.807) is 17.9 Å². The molecule has 1 aromatic carbocycles. The van der Waals surface area contributed by atoms with Gasteiger partial charge in [0.05, 0.1) is 5.60 Å². The van der Waals surface area contributed by atoms with Crippen molar-refractivity contribution in [3.63, 3.8) is 0 Å². The molecule has 154 valence electrons. The van der Waals surface area contributed by atoms with E-state index in [0.29, 0.717) is 38.2 Å². The van der Waals surface area contributed by atoms with Crippen molar-refractivity contribution in [1.29, 1.82) is 0 Å². The maximum absolute atomic E-state index is 12.8. The Hall–Kier alpha value is -2.51. The monoisotopic (exact) mass is 396 g/mol. The minimum atomic E-state index is -0.807. The molecule has 1 amide bonds. The SMILES string of the molecule is Cc1cc(C(=O)N2CCCC(O)(CN3CCc4ccccc4C3)CC2)nc(=O)[nH]1. The number of hydrogen-bond acceptors (Lipinski definition) is 5. The first-order valence-corrected chi connectivity index (χ1v) is 10.3. The lowest BCUT2D eigenvalue weighted by Gasteiger charge is -2.36. The molecule has 3 heterocycles. The molecule has 29 heavy (non-hydrogen) atoms. The Labute approximate surface area is 170 Å². The molecule has 2 aromatic rings. The number of H-pyrrole nitrogens is 1. The second-order valence-electron chi connectivity index (χ2n) is 8.35. The number of hydrogen-bond donors (Lipinski definition) is 2. The molecule has 0 saturated carbocycles. The summed E-state index contributed by atoms with van der Waals surface area (Å²) in [5.41, 5.74) is 2.20. The van der Waals surface area contributed by atoms with Crippen molar-refractivity contribution in [2.24, 2.45) is 0 Å². The van der Waals surface area contributed by atoms with Crippen LogP contribution in [-0.4, -0.2) is 62.6 Å². The lowest BCUT2D eigenvalue weighted by molar-refractivity contribution is -0.0118. The molecule has 1 aromatic heterocycles. The molecule has 1 saturated heterocycles. The third kappa shape index (κ3) is 4.57. The molecule has 7 heteroatoms. The van der Waals surface area contributed by atoms with E-state index in [1.807, 2.05) is 0 Å². The standard InChI is InChI=1S/C22H28N4O3/c1-16-13-19(24-21(28)23-16)20(27)26-10-4-8-22(29,9-12-26)15-25-11-7-17-5-2-3-6-18(17)14-25/h2-3,5-6,13,29H,4,7-12,14-15H2,1H3,(H,23,24,28). The summed E-state index contributed by atoms with van der Waals surface area (Å²) in [6.07, 6.45) is 2.93. The fraction of sp³-hybridized carbons (Fsp3) is 0.500. The average molecular weight is 396 g/mol. The van der Waals surface area contributed by atoms with E-state index in [9.17, 15) is 14.7 Å². The first-order valence-electron chi connectivity index (χ1n) is 10.3. The van der Waals surface area contributed by atoms with Crippen LogP contribution in [0.15, 0.2) is 35.1 Å². The summed E-state index contributed by atoms with van der Waals surface area (Å²) >= 11 is 0. The van der Waals surface area contributed by atoms with Crippen molar-refractivity contribution in [2.75, 3.05) is 26.2 Å². The van der Waals surface area contributed by atoms with Gasteiger partial charge in [-0.3, -0.25) is 9.69 Å². The molecule has 2 N–H and O–H groups in total. The average Bonchev–Trinajstić information content (AvgIpc) is 2.88. The predicted molar refractivity (Wildman–Crippen MR) is 110 cm³/mol. The number of carbonyl (C=O) groups excluding carboxylic acids is 1. The Bertz CT molecular complexity index is 957. The molecule has 0 aliphatic carbocycles. The van der Waals surface area contributed by atoms with E-state index in [1.165, 1.54) is 11.1 Å². The van der Waals surface area contributed by atoms with Gasteiger partial charge in [-0.25, -0.2) is 4.79 Å². The number of rotatable bonds is 3. The van der Waals surface area contributed by atoms with Crippen LogP contribution in [0.1, 0.15) is 46.6 Å². The quantitative estimate of drug-likeness (QED) is 0.821. The second-order valence-corrected chi connectivity index (χ2v) is 8.35. The topological polar surface area (TPSA) is 89.5 Å². The van der Waals surface area contributed by atoms with Gasteiger partial charge in [0, 0.05) is 38.4 Å². The van der Waals surface area contributed by atoms with Crippen LogP contribution in [0, 0.1) is 6.92 Å². The van der Waals surface area contributed by atoms with Crippen molar-refractivity contribution < 1.29 is 9.90 Å². The Morgan fingerprint density at radius 1 is 1.21 bits per heavy atom. The summed E-state index contributed by atoms with van der Waals surface area (Å²) in [6.45, 7) is 5.18. The molecule has 0 bridgehead atoms. The van der Waals surface area contributed by atoms with Crippen molar-refractivity contribution in [3.05, 3.63) is 63.3 Å². The number of aryl methyl sites for hydroxylation is 1. The number of aliphatic hydroxyl groups is 1. The third-order valence-corrected chi connectivity index (χ3v) is 6.03. The van der Waals surface area contributed by atoms with E-state index >= 15 is 0 Å². The number of fused-ring (bicyclic) bond motifs is 1. The number of β-amino-alcohol motifs (C(OH)–C–C–N with tert-alkyl or cyclic N) is 1. The fourth-order valence-electron chi connectivity index (χ4n) is 4.50. The third-order valence-electron chi connectivity index (χ3n) is 6.03. The molecule has 2 aliphatic heterocycles. The normalized spacial score (nSPS) is 22.8. The van der Waals surface area contributed by atoms with Gasteiger partial charge in [0.2, 0.25) is 0 Å². The first kappa shape index (κ1) is 19.8. The number of aromatic amines is 1. The van der Waals surface area contributed by atoms with E-state index in [0.717, 1.165) is 25.9 Å². The van der Waals surface area contributed by atoms with Gasteiger partial charge in [-0.15, -0.1) is 0 Å². The summed E-state index contributed by atoms with van der Waals surface area (Å²) in [7, 11) is 0. The van der Waals surface area contributed by atoms with Gasteiger partial charge >= 0.3 is 5.69 Å². The number of nitrogens with zero attached hydrogens (tertiary/aromatic N) is 3. The first-order chi connectivity index (χ1) is 13.9. The molecular weight excluding hydrogens is 368 g/mol. The number of aromatic nitrogens is 2.